The van der Waals surface area contributed by atoms with Gasteiger partial charge in [-0.25, -0.2) is 31.0 Å². The molecule has 2 aromatic carbocycles. The van der Waals surface area contributed by atoms with Gasteiger partial charge in [-0.2, -0.15) is 13.9 Å². The number of aromatic amines is 1. The van der Waals surface area contributed by atoms with Crippen molar-refractivity contribution in [3.63, 3.8) is 0 Å². The van der Waals surface area contributed by atoms with Crippen LogP contribution < -0.4 is 15.4 Å². The number of nitrogens with one attached hydrogen (secondary N) is 5. The number of halogens is 7. The molecule has 4 aromatic rings. The van der Waals surface area contributed by atoms with E-state index >= 15 is 8.78 Å². The molecule has 2 aromatic heterocycles. The highest BCUT2D eigenvalue weighted by atomic mass is 35.5. The Hall–Kier alpha value is -5.12. The molecule has 1 aliphatic carbocycles. The van der Waals surface area contributed by atoms with Crippen molar-refractivity contribution in [3.05, 3.63) is 87.3 Å². The lowest BCUT2D eigenvalue weighted by molar-refractivity contribution is -0.121. The Morgan fingerprint density at radius 2 is 1.80 bits per heavy atom. The van der Waals surface area contributed by atoms with Crippen LogP contribution in [0.5, 0.6) is 0 Å². The fraction of sp³-hybridized carbons (Fsp3) is 0.333. The maximum Gasteiger partial charge on any atom is 0.288 e. The summed E-state index contributed by atoms with van der Waals surface area (Å²) in [5.74, 6) is -2.44. The third-order valence-electron chi connectivity index (χ3n) is 8.32. The lowest BCUT2D eigenvalue weighted by atomic mass is 9.93. The highest BCUT2D eigenvalue weighted by molar-refractivity contribution is 7.92. The average molecular weight is 810 g/mol. The summed E-state index contributed by atoms with van der Waals surface area (Å²) in [6.07, 6.45) is -3.66. The molecular formula is C36H34ClF6N7O4S. The van der Waals surface area contributed by atoms with Crippen LogP contribution in [0.3, 0.4) is 0 Å². The number of H-pyrrole nitrogens is 1. The first-order valence-corrected chi connectivity index (χ1v) is 18.7. The number of fused-ring (bicyclic) bond motifs is 1. The van der Waals surface area contributed by atoms with E-state index in [2.05, 4.69) is 42.4 Å². The summed E-state index contributed by atoms with van der Waals surface area (Å²) in [6.45, 7) is 3.21. The molecule has 11 nitrogen and oxygen atoms in total. The van der Waals surface area contributed by atoms with E-state index in [1.807, 2.05) is 0 Å². The van der Waals surface area contributed by atoms with Crippen molar-refractivity contribution in [2.24, 2.45) is 5.92 Å². The Kier molecular flexibility index (Phi) is 11.6. The predicted molar refractivity (Wildman–Crippen MR) is 194 cm³/mol. The Morgan fingerprint density at radius 1 is 1.15 bits per heavy atom. The molecule has 2 atom stereocenters. The molecule has 1 aliphatic rings. The highest BCUT2D eigenvalue weighted by Crippen LogP contribution is 2.43. The van der Waals surface area contributed by atoms with Crippen molar-refractivity contribution in [2.75, 3.05) is 17.5 Å². The molecule has 2 heterocycles. The summed E-state index contributed by atoms with van der Waals surface area (Å²) in [7, 11) is -3.82. The summed E-state index contributed by atoms with van der Waals surface area (Å²) in [5.41, 5.74) is -3.51. The van der Waals surface area contributed by atoms with E-state index in [1.54, 1.807) is 0 Å². The van der Waals surface area contributed by atoms with E-state index in [9.17, 15) is 35.9 Å². The zero-order chi connectivity index (χ0) is 40.6. The van der Waals surface area contributed by atoms with Gasteiger partial charge >= 0.3 is 0 Å². The van der Waals surface area contributed by atoms with Crippen molar-refractivity contribution >= 4 is 50.0 Å². The second-order valence-corrected chi connectivity index (χ2v) is 15.7. The van der Waals surface area contributed by atoms with Crippen LogP contribution in [0, 0.1) is 34.8 Å². The molecule has 0 radical (unpaired) electrons. The van der Waals surface area contributed by atoms with Crippen LogP contribution in [-0.4, -0.2) is 71.1 Å². The number of carbonyl (C=O) groups excluding carboxylic acids is 1. The molecule has 0 aliphatic heterocycles. The van der Waals surface area contributed by atoms with Crippen LogP contribution in [0.25, 0.3) is 22.0 Å². The summed E-state index contributed by atoms with van der Waals surface area (Å²) in [5, 5.41) is 29.9. The maximum atomic E-state index is 15.0. The van der Waals surface area contributed by atoms with Crippen LogP contribution in [0.15, 0.2) is 53.7 Å². The molecule has 19 heteroatoms. The van der Waals surface area contributed by atoms with Gasteiger partial charge in [0.15, 0.2) is 5.82 Å². The van der Waals surface area contributed by atoms with E-state index in [1.165, 1.54) is 45.0 Å². The molecule has 1 amide bonds. The molecule has 55 heavy (non-hydrogen) atoms. The number of hydrogen-bond donors (Lipinski definition) is 6. The highest BCUT2D eigenvalue weighted by Gasteiger charge is 2.48. The third-order valence-corrected chi connectivity index (χ3v) is 9.20. The van der Waals surface area contributed by atoms with Crippen LogP contribution in [-0.2, 0) is 21.2 Å². The molecule has 0 saturated carbocycles. The topological polar surface area (TPSA) is 173 Å². The largest absolute Gasteiger partial charge is 0.378 e. The fourth-order valence-corrected chi connectivity index (χ4v) is 6.94. The van der Waals surface area contributed by atoms with Crippen molar-refractivity contribution in [1.82, 2.24) is 25.8 Å². The lowest BCUT2D eigenvalue weighted by Gasteiger charge is -2.23. The number of sulfonamides is 1. The standard InChI is InChI=1S/C36H34ClF6N7O4S/c1-17-15-36(42,43)32(27(17)29(44)33(40)41)45-16-26(51)47-25(13-18-11-19(38)14-20(39)12-18)30-22(6-5-21(46-30)9-10-35(2,3)52)23-7-8-24(37)28-31(23)48-49-34(28)50-55(4,53)54/h5-8,11-12,14,17,25,33,44-45,52H,13,15-16H2,1-4H3,(H,47,51)(H2,48,49,50)/t17-,25?/m0/s1. The van der Waals surface area contributed by atoms with Gasteiger partial charge in [0.05, 0.1) is 46.2 Å². The molecule has 1 unspecified atom stereocenters. The molecule has 5 rings (SSSR count). The number of rotatable bonds is 12. The normalized spacial score (nSPS) is 16.2. The minimum absolute atomic E-state index is 0.00983. The number of allylic oxidation sites excluding steroid dienone is 2. The lowest BCUT2D eigenvalue weighted by Crippen LogP contribution is -2.40. The number of nitrogens with zero attached hydrogens (tertiary/aromatic N) is 2. The van der Waals surface area contributed by atoms with E-state index in [0.717, 1.165) is 18.4 Å². The first-order valence-electron chi connectivity index (χ1n) is 16.4. The number of aliphatic hydroxyl groups is 1. The Balaban J connectivity index is 1.65. The number of carbonyl (C=O) groups is 1. The molecule has 292 valence electrons. The van der Waals surface area contributed by atoms with Crippen LogP contribution in [0.2, 0.25) is 5.02 Å². The van der Waals surface area contributed by atoms with Crippen molar-refractivity contribution in [3.8, 4) is 23.0 Å². The van der Waals surface area contributed by atoms with Crippen LogP contribution in [0.1, 0.15) is 50.2 Å². The number of pyridine rings is 1. The molecule has 0 saturated heterocycles. The Morgan fingerprint density at radius 3 is 2.42 bits per heavy atom. The first kappa shape index (κ1) is 41.1. The maximum absolute atomic E-state index is 15.0. The molecular weight excluding hydrogens is 776 g/mol. The van der Waals surface area contributed by atoms with Gasteiger partial charge in [-0.05, 0) is 68.0 Å². The molecule has 6 N–H and O–H groups in total. The van der Waals surface area contributed by atoms with Gasteiger partial charge in [0.25, 0.3) is 12.3 Å². The number of amides is 1. The quantitative estimate of drug-likeness (QED) is 0.0558. The van der Waals surface area contributed by atoms with E-state index in [-0.39, 0.29) is 50.7 Å². The van der Waals surface area contributed by atoms with Gasteiger partial charge in [-0.1, -0.05) is 30.5 Å². The second kappa shape index (κ2) is 15.6. The van der Waals surface area contributed by atoms with E-state index in [0.29, 0.717) is 11.6 Å². The summed E-state index contributed by atoms with van der Waals surface area (Å²) in [4.78, 5) is 18.3. The van der Waals surface area contributed by atoms with Gasteiger partial charge in [-0.3, -0.25) is 20.0 Å². The number of aromatic nitrogens is 3. The smallest absolute Gasteiger partial charge is 0.288 e. The second-order valence-electron chi connectivity index (χ2n) is 13.5. The van der Waals surface area contributed by atoms with Crippen molar-refractivity contribution in [1.29, 1.82) is 5.41 Å². The number of alkyl halides is 4. The molecule has 0 bridgehead atoms. The minimum atomic E-state index is -3.82. The summed E-state index contributed by atoms with van der Waals surface area (Å²) < 4.78 is 112. The van der Waals surface area contributed by atoms with Crippen molar-refractivity contribution in [2.45, 2.75) is 57.6 Å². The van der Waals surface area contributed by atoms with E-state index < -0.39 is 87.4 Å². The minimum Gasteiger partial charge on any atom is -0.378 e. The Bertz CT molecular complexity index is 2370. The molecule has 0 fully saturated rings. The zero-order valence-corrected chi connectivity index (χ0v) is 31.1. The fourth-order valence-electron chi connectivity index (χ4n) is 6.19. The Labute approximate surface area is 316 Å². The van der Waals surface area contributed by atoms with Crippen LogP contribution in [0.4, 0.5) is 32.2 Å². The van der Waals surface area contributed by atoms with Crippen LogP contribution >= 0.6 is 11.6 Å². The van der Waals surface area contributed by atoms with Crippen molar-refractivity contribution < 1.29 is 44.7 Å². The summed E-state index contributed by atoms with van der Waals surface area (Å²) >= 11 is 6.47. The first-order chi connectivity index (χ1) is 25.5. The zero-order valence-electron chi connectivity index (χ0n) is 29.5. The predicted octanol–water partition coefficient (Wildman–Crippen LogP) is 6.25. The third kappa shape index (κ3) is 9.77. The molecule has 0 spiro atoms. The van der Waals surface area contributed by atoms with Gasteiger partial charge in [-0.15, -0.1) is 0 Å². The van der Waals surface area contributed by atoms with Gasteiger partial charge in [0, 0.05) is 29.2 Å². The van der Waals surface area contributed by atoms with E-state index in [4.69, 9.17) is 17.0 Å². The number of benzene rings is 2. The SMILES string of the molecule is C[C@H]1CC(F)(F)C(NCC(=O)NC(Cc2cc(F)cc(F)c2)c2nc(C#CC(C)(C)O)ccc2-c2ccc(Cl)c3c(NS(C)(=O)=O)n[nH]c23)=C1C(=N)C(F)F. The van der Waals surface area contributed by atoms with Gasteiger partial charge in [0.2, 0.25) is 15.9 Å². The number of anilines is 1. The monoisotopic (exact) mass is 809 g/mol. The summed E-state index contributed by atoms with van der Waals surface area (Å²) in [6, 6.07) is 7.31. The van der Waals surface area contributed by atoms with Gasteiger partial charge in [0.1, 0.15) is 28.6 Å². The average Bonchev–Trinajstić information content (AvgIpc) is 3.57. The van der Waals surface area contributed by atoms with Gasteiger partial charge < -0.3 is 15.7 Å². The number of hydrogen-bond acceptors (Lipinski definition) is 8.